The fourth-order valence-corrected chi connectivity index (χ4v) is 3.84. The Morgan fingerprint density at radius 1 is 0.939 bits per heavy atom. The third kappa shape index (κ3) is 3.48. The molecule has 5 aromatic rings. The number of pyridine rings is 4. The Bertz CT molecular complexity index is 1610. The topological polar surface area (TPSA) is 110 Å². The van der Waals surface area contributed by atoms with E-state index in [0.29, 0.717) is 33.7 Å². The van der Waals surface area contributed by atoms with Crippen LogP contribution >= 0.6 is 0 Å². The molecule has 0 saturated carbocycles. The molecule has 1 aromatic carbocycles. The molecule has 4 aromatic heterocycles. The first-order chi connectivity index (χ1) is 15.9. The molecule has 33 heavy (non-hydrogen) atoms. The predicted molar refractivity (Wildman–Crippen MR) is 129 cm³/mol. The summed E-state index contributed by atoms with van der Waals surface area (Å²) in [5, 5.41) is 10.2. The lowest BCUT2D eigenvalue weighted by Crippen LogP contribution is -2.19. The van der Waals surface area contributed by atoms with Gasteiger partial charge in [-0.3, -0.25) is 14.3 Å². The van der Waals surface area contributed by atoms with E-state index in [4.69, 9.17) is 10.7 Å². The molecule has 7 heteroatoms. The standard InChI is InChI=1S/C26H20N6O/c1-26(2,15-27)18-5-7-19(8-6-18)32-23(33)12-4-17-14-29-21-10-9-20(31-24(21)25(17)32)16-3-11-22(28)30-13-16/h3-14H,1-2H3,(H2,28,30). The third-order valence-electron chi connectivity index (χ3n) is 5.77. The Hall–Kier alpha value is -4.57. The molecule has 2 N–H and O–H groups in total. The fourth-order valence-electron chi connectivity index (χ4n) is 3.84. The van der Waals surface area contributed by atoms with Gasteiger partial charge in [0.2, 0.25) is 0 Å². The molecule has 0 radical (unpaired) electrons. The number of fused-ring (bicyclic) bond motifs is 3. The van der Waals surface area contributed by atoms with Crippen molar-refractivity contribution in [2.24, 2.45) is 0 Å². The molecule has 0 atom stereocenters. The SMILES string of the molecule is CC(C)(C#N)c1ccc(-n2c(=O)ccc3cnc4ccc(-c5ccc(N)nc5)nc4c32)cc1. The number of nitrogens with two attached hydrogens (primary N) is 1. The second kappa shape index (κ2) is 7.53. The van der Waals surface area contributed by atoms with Gasteiger partial charge in [-0.15, -0.1) is 0 Å². The van der Waals surface area contributed by atoms with E-state index in [1.165, 1.54) is 6.07 Å². The minimum absolute atomic E-state index is 0.177. The maximum atomic E-state index is 13.0. The van der Waals surface area contributed by atoms with E-state index in [2.05, 4.69) is 16.0 Å². The zero-order valence-electron chi connectivity index (χ0n) is 18.1. The molecule has 0 aliphatic carbocycles. The van der Waals surface area contributed by atoms with E-state index in [1.807, 2.05) is 56.3 Å². The lowest BCUT2D eigenvalue weighted by atomic mass is 9.86. The van der Waals surface area contributed by atoms with Crippen molar-refractivity contribution in [1.82, 2.24) is 19.5 Å². The van der Waals surface area contributed by atoms with Crippen LogP contribution in [-0.4, -0.2) is 19.5 Å². The van der Waals surface area contributed by atoms with Crippen LogP contribution in [0.25, 0.3) is 38.9 Å². The number of rotatable bonds is 3. The Labute approximate surface area is 189 Å². The average molecular weight is 432 g/mol. The smallest absolute Gasteiger partial charge is 0.255 e. The molecule has 0 aliphatic heterocycles. The summed E-state index contributed by atoms with van der Waals surface area (Å²) in [4.78, 5) is 26.6. The summed E-state index contributed by atoms with van der Waals surface area (Å²) in [6, 6.07) is 20.4. The van der Waals surface area contributed by atoms with E-state index in [1.54, 1.807) is 29.1 Å². The van der Waals surface area contributed by atoms with Crippen molar-refractivity contribution in [2.75, 3.05) is 5.73 Å². The van der Waals surface area contributed by atoms with Gasteiger partial charge in [-0.05, 0) is 61.9 Å². The van der Waals surface area contributed by atoms with E-state index in [-0.39, 0.29) is 5.56 Å². The average Bonchev–Trinajstić information content (AvgIpc) is 2.84. The third-order valence-corrected chi connectivity index (χ3v) is 5.77. The van der Waals surface area contributed by atoms with Gasteiger partial charge in [0, 0.05) is 35.1 Å². The number of anilines is 1. The molecule has 0 spiro atoms. The van der Waals surface area contributed by atoms with Gasteiger partial charge in [-0.25, -0.2) is 9.97 Å². The molecule has 0 amide bonds. The summed E-state index contributed by atoms with van der Waals surface area (Å²) in [5.74, 6) is 0.434. The zero-order chi connectivity index (χ0) is 23.2. The first kappa shape index (κ1) is 20.3. The van der Waals surface area contributed by atoms with Crippen molar-refractivity contribution in [3.63, 3.8) is 0 Å². The van der Waals surface area contributed by atoms with Gasteiger partial charge in [0.25, 0.3) is 5.56 Å². The van der Waals surface area contributed by atoms with E-state index in [0.717, 1.165) is 16.5 Å². The number of aromatic nitrogens is 4. The lowest BCUT2D eigenvalue weighted by molar-refractivity contribution is 0.686. The molecule has 0 saturated heterocycles. The molecule has 0 fully saturated rings. The molecular weight excluding hydrogens is 412 g/mol. The van der Waals surface area contributed by atoms with Crippen LogP contribution in [0, 0.1) is 11.3 Å². The monoisotopic (exact) mass is 432 g/mol. The normalized spacial score (nSPS) is 11.5. The van der Waals surface area contributed by atoms with Gasteiger partial charge in [0.05, 0.1) is 28.2 Å². The first-order valence-corrected chi connectivity index (χ1v) is 10.4. The van der Waals surface area contributed by atoms with Gasteiger partial charge < -0.3 is 5.73 Å². The molecule has 0 unspecified atom stereocenters. The van der Waals surface area contributed by atoms with Crippen LogP contribution in [0.3, 0.4) is 0 Å². The van der Waals surface area contributed by atoms with Crippen LogP contribution in [0.15, 0.2) is 77.9 Å². The maximum absolute atomic E-state index is 13.0. The van der Waals surface area contributed by atoms with Crippen molar-refractivity contribution in [3.05, 3.63) is 89.0 Å². The molecule has 4 heterocycles. The molecule has 160 valence electrons. The largest absolute Gasteiger partial charge is 0.384 e. The van der Waals surface area contributed by atoms with E-state index < -0.39 is 5.41 Å². The summed E-state index contributed by atoms with van der Waals surface area (Å²) in [6.45, 7) is 3.73. The minimum atomic E-state index is -0.623. The number of nitrogens with zero attached hydrogens (tertiary/aromatic N) is 5. The van der Waals surface area contributed by atoms with Crippen molar-refractivity contribution < 1.29 is 0 Å². The van der Waals surface area contributed by atoms with Gasteiger partial charge in [-0.2, -0.15) is 5.26 Å². The first-order valence-electron chi connectivity index (χ1n) is 10.4. The van der Waals surface area contributed by atoms with Crippen LogP contribution < -0.4 is 11.3 Å². The summed E-state index contributed by atoms with van der Waals surface area (Å²) in [5.41, 5.74) is 9.97. The van der Waals surface area contributed by atoms with E-state index in [9.17, 15) is 10.1 Å². The van der Waals surface area contributed by atoms with Crippen LogP contribution in [-0.2, 0) is 5.41 Å². The quantitative estimate of drug-likeness (QED) is 0.424. The van der Waals surface area contributed by atoms with Gasteiger partial charge in [-0.1, -0.05) is 12.1 Å². The summed E-state index contributed by atoms with van der Waals surface area (Å²) in [7, 11) is 0. The van der Waals surface area contributed by atoms with Gasteiger partial charge in [0.1, 0.15) is 11.3 Å². The van der Waals surface area contributed by atoms with Crippen LogP contribution in [0.5, 0.6) is 0 Å². The van der Waals surface area contributed by atoms with Crippen LogP contribution in [0.4, 0.5) is 5.82 Å². The highest BCUT2D eigenvalue weighted by Gasteiger charge is 2.20. The Morgan fingerprint density at radius 2 is 1.73 bits per heavy atom. The highest BCUT2D eigenvalue weighted by Crippen LogP contribution is 2.28. The zero-order valence-corrected chi connectivity index (χ0v) is 18.1. The summed E-state index contributed by atoms with van der Waals surface area (Å²) >= 11 is 0. The molecule has 0 bridgehead atoms. The number of benzene rings is 1. The van der Waals surface area contributed by atoms with Crippen molar-refractivity contribution >= 4 is 27.8 Å². The Kier molecular flexibility index (Phi) is 4.64. The van der Waals surface area contributed by atoms with Crippen LogP contribution in [0.2, 0.25) is 0 Å². The fraction of sp³-hybridized carbons (Fsp3) is 0.115. The maximum Gasteiger partial charge on any atom is 0.255 e. The predicted octanol–water partition coefficient (Wildman–Crippen LogP) is 4.38. The Balaban J connectivity index is 1.77. The second-order valence-corrected chi connectivity index (χ2v) is 8.39. The van der Waals surface area contributed by atoms with Gasteiger partial charge in [0.15, 0.2) is 0 Å². The second-order valence-electron chi connectivity index (χ2n) is 8.39. The lowest BCUT2D eigenvalue weighted by Gasteiger charge is -2.17. The Morgan fingerprint density at radius 3 is 2.42 bits per heavy atom. The minimum Gasteiger partial charge on any atom is -0.384 e. The highest BCUT2D eigenvalue weighted by molar-refractivity contribution is 6.02. The highest BCUT2D eigenvalue weighted by atomic mass is 16.1. The van der Waals surface area contributed by atoms with Crippen LogP contribution in [0.1, 0.15) is 19.4 Å². The molecular formula is C26H20N6O. The summed E-state index contributed by atoms with van der Waals surface area (Å²) < 4.78 is 1.64. The molecule has 5 rings (SSSR count). The van der Waals surface area contributed by atoms with Crippen molar-refractivity contribution in [1.29, 1.82) is 5.26 Å². The molecule has 7 nitrogen and oxygen atoms in total. The van der Waals surface area contributed by atoms with Gasteiger partial charge >= 0.3 is 0 Å². The summed E-state index contributed by atoms with van der Waals surface area (Å²) in [6.07, 6.45) is 3.41. The van der Waals surface area contributed by atoms with E-state index >= 15 is 0 Å². The van der Waals surface area contributed by atoms with Crippen molar-refractivity contribution in [3.8, 4) is 23.0 Å². The number of nitrogen functional groups attached to an aromatic ring is 1. The van der Waals surface area contributed by atoms with Crippen molar-refractivity contribution in [2.45, 2.75) is 19.3 Å². The number of hydrogen-bond acceptors (Lipinski definition) is 6. The molecule has 0 aliphatic rings. The number of nitriles is 1. The number of hydrogen-bond donors (Lipinski definition) is 1.